The van der Waals surface area contributed by atoms with Gasteiger partial charge in [0.25, 0.3) is 0 Å². The largest absolute Gasteiger partial charge is 0.481 e. The lowest BCUT2D eigenvalue weighted by Gasteiger charge is -2.28. The van der Waals surface area contributed by atoms with Crippen LogP contribution >= 0.6 is 0 Å². The summed E-state index contributed by atoms with van der Waals surface area (Å²) in [6, 6.07) is 0. The van der Waals surface area contributed by atoms with Crippen LogP contribution in [0.15, 0.2) is 12.7 Å². The quantitative estimate of drug-likeness (QED) is 0.455. The zero-order valence-corrected chi connectivity index (χ0v) is 11.5. The molecule has 1 aliphatic rings. The Balaban J connectivity index is 2.64. The van der Waals surface area contributed by atoms with E-state index in [4.69, 9.17) is 14.6 Å². The molecule has 1 rings (SSSR count). The summed E-state index contributed by atoms with van der Waals surface area (Å²) in [7, 11) is 0. The van der Waals surface area contributed by atoms with Gasteiger partial charge in [-0.25, -0.2) is 4.79 Å². The van der Waals surface area contributed by atoms with E-state index in [1.165, 1.54) is 0 Å². The van der Waals surface area contributed by atoms with Gasteiger partial charge in [-0.05, 0) is 12.8 Å². The molecule has 1 fully saturated rings. The molecular weight excluding hydrogens is 264 g/mol. The minimum atomic E-state index is -0.996. The number of rotatable bonds is 6. The van der Waals surface area contributed by atoms with Gasteiger partial charge in [-0.1, -0.05) is 26.3 Å². The summed E-state index contributed by atoms with van der Waals surface area (Å²) >= 11 is 0. The number of carboxylic acids is 1. The molecule has 0 radical (unpaired) electrons. The number of ether oxygens (including phenoxy) is 2. The van der Waals surface area contributed by atoms with Crippen LogP contribution in [0.3, 0.4) is 0 Å². The first-order valence-corrected chi connectivity index (χ1v) is 6.76. The predicted molar refractivity (Wildman–Crippen MR) is 69.5 cm³/mol. The Morgan fingerprint density at radius 2 is 1.85 bits per heavy atom. The van der Waals surface area contributed by atoms with Gasteiger partial charge in [-0.15, -0.1) is 0 Å². The Morgan fingerprint density at radius 1 is 1.25 bits per heavy atom. The van der Waals surface area contributed by atoms with Gasteiger partial charge in [0.15, 0.2) is 0 Å². The highest BCUT2D eigenvalue weighted by Crippen LogP contribution is 2.31. The first-order valence-electron chi connectivity index (χ1n) is 6.76. The summed E-state index contributed by atoms with van der Waals surface area (Å²) in [6.07, 6.45) is 2.84. The van der Waals surface area contributed by atoms with E-state index in [1.54, 1.807) is 6.92 Å². The zero-order valence-electron chi connectivity index (χ0n) is 11.5. The third-order valence-corrected chi connectivity index (χ3v) is 3.38. The van der Waals surface area contributed by atoms with Gasteiger partial charge in [-0.2, -0.15) is 0 Å². The topological polar surface area (TPSA) is 89.9 Å². The monoisotopic (exact) mass is 284 g/mol. The van der Waals surface area contributed by atoms with Crippen LogP contribution < -0.4 is 0 Å². The Labute approximate surface area is 117 Å². The molecule has 112 valence electrons. The molecule has 0 spiro atoms. The maximum atomic E-state index is 12.0. The van der Waals surface area contributed by atoms with Crippen LogP contribution in [0.25, 0.3) is 0 Å². The smallest absolute Gasteiger partial charge is 0.333 e. The van der Waals surface area contributed by atoms with Crippen molar-refractivity contribution in [2.75, 3.05) is 0 Å². The standard InChI is InChI=1S/C14H20O6/c1-3-11(15)19-12(4-2)20-14(18)10-8-6-5-7-9(10)13(16)17/h3,9-10,12H,1,4-8H2,2H3,(H,16,17). The van der Waals surface area contributed by atoms with Crippen LogP contribution in [0.2, 0.25) is 0 Å². The van der Waals surface area contributed by atoms with Gasteiger partial charge in [0.05, 0.1) is 11.8 Å². The van der Waals surface area contributed by atoms with Crippen LogP contribution in [-0.4, -0.2) is 29.3 Å². The lowest BCUT2D eigenvalue weighted by Crippen LogP contribution is -2.36. The number of hydrogen-bond acceptors (Lipinski definition) is 5. The molecule has 1 N–H and O–H groups in total. The summed E-state index contributed by atoms with van der Waals surface area (Å²) in [6.45, 7) is 4.96. The molecule has 1 aliphatic carbocycles. The van der Waals surface area contributed by atoms with Crippen molar-refractivity contribution in [3.8, 4) is 0 Å². The Bertz CT molecular complexity index is 389. The molecule has 0 saturated heterocycles. The molecule has 6 heteroatoms. The first kappa shape index (κ1) is 16.2. The second-order valence-electron chi connectivity index (χ2n) is 4.75. The van der Waals surface area contributed by atoms with E-state index in [0.29, 0.717) is 19.3 Å². The van der Waals surface area contributed by atoms with Crippen molar-refractivity contribution < 1.29 is 29.0 Å². The zero-order chi connectivity index (χ0) is 15.1. The van der Waals surface area contributed by atoms with Crippen molar-refractivity contribution in [1.82, 2.24) is 0 Å². The molecule has 0 aromatic heterocycles. The maximum Gasteiger partial charge on any atom is 0.333 e. The molecule has 3 atom stereocenters. The minimum Gasteiger partial charge on any atom is -0.481 e. The molecule has 0 aliphatic heterocycles. The molecule has 0 amide bonds. The summed E-state index contributed by atoms with van der Waals surface area (Å²) in [5, 5.41) is 9.13. The Kier molecular flexibility index (Phi) is 6.21. The molecule has 1 saturated carbocycles. The number of hydrogen-bond donors (Lipinski definition) is 1. The van der Waals surface area contributed by atoms with Gasteiger partial charge >= 0.3 is 17.9 Å². The van der Waals surface area contributed by atoms with Crippen LogP contribution in [0.4, 0.5) is 0 Å². The van der Waals surface area contributed by atoms with Crippen LogP contribution in [-0.2, 0) is 23.9 Å². The summed E-state index contributed by atoms with van der Waals surface area (Å²) in [4.78, 5) is 34.3. The van der Waals surface area contributed by atoms with E-state index in [2.05, 4.69) is 6.58 Å². The fraction of sp³-hybridized carbons (Fsp3) is 0.643. The summed E-state index contributed by atoms with van der Waals surface area (Å²) in [5.74, 6) is -3.66. The van der Waals surface area contributed by atoms with Gasteiger partial charge in [0.2, 0.25) is 6.29 Å². The van der Waals surface area contributed by atoms with Gasteiger partial charge in [0.1, 0.15) is 0 Å². The molecule has 6 nitrogen and oxygen atoms in total. The number of esters is 2. The van der Waals surface area contributed by atoms with Crippen molar-refractivity contribution >= 4 is 17.9 Å². The average Bonchev–Trinajstić information content (AvgIpc) is 2.45. The molecule has 3 unspecified atom stereocenters. The van der Waals surface area contributed by atoms with E-state index in [0.717, 1.165) is 18.9 Å². The normalized spacial score (nSPS) is 23.4. The Morgan fingerprint density at radius 3 is 2.35 bits per heavy atom. The molecule has 0 bridgehead atoms. The van der Waals surface area contributed by atoms with E-state index >= 15 is 0 Å². The van der Waals surface area contributed by atoms with Crippen molar-refractivity contribution in [3.05, 3.63) is 12.7 Å². The highest BCUT2D eigenvalue weighted by Gasteiger charge is 2.37. The highest BCUT2D eigenvalue weighted by molar-refractivity contribution is 5.82. The second-order valence-corrected chi connectivity index (χ2v) is 4.75. The van der Waals surface area contributed by atoms with Crippen LogP contribution in [0.5, 0.6) is 0 Å². The van der Waals surface area contributed by atoms with Crippen LogP contribution in [0, 0.1) is 11.8 Å². The predicted octanol–water partition coefficient (Wildman–Crippen LogP) is 1.89. The molecule has 0 heterocycles. The van der Waals surface area contributed by atoms with Crippen molar-refractivity contribution in [3.63, 3.8) is 0 Å². The third kappa shape index (κ3) is 4.36. The second kappa shape index (κ2) is 7.67. The van der Waals surface area contributed by atoms with Gasteiger partial charge in [0, 0.05) is 12.5 Å². The number of carboxylic acid groups (broad SMARTS) is 1. The molecule has 0 aromatic carbocycles. The highest BCUT2D eigenvalue weighted by atomic mass is 16.7. The third-order valence-electron chi connectivity index (χ3n) is 3.38. The number of carbonyl (C=O) groups is 3. The fourth-order valence-electron chi connectivity index (χ4n) is 2.29. The number of aliphatic carboxylic acids is 1. The van der Waals surface area contributed by atoms with Crippen molar-refractivity contribution in [2.45, 2.75) is 45.3 Å². The average molecular weight is 284 g/mol. The van der Waals surface area contributed by atoms with Gasteiger partial charge in [-0.3, -0.25) is 9.59 Å². The lowest BCUT2D eigenvalue weighted by molar-refractivity contribution is -0.191. The lowest BCUT2D eigenvalue weighted by atomic mass is 9.79. The number of carbonyl (C=O) groups excluding carboxylic acids is 2. The van der Waals surface area contributed by atoms with E-state index in [9.17, 15) is 14.4 Å². The van der Waals surface area contributed by atoms with Crippen molar-refractivity contribution in [1.29, 1.82) is 0 Å². The van der Waals surface area contributed by atoms with Crippen molar-refractivity contribution in [2.24, 2.45) is 11.8 Å². The van der Waals surface area contributed by atoms with Gasteiger partial charge < -0.3 is 14.6 Å². The van der Waals surface area contributed by atoms with E-state index in [1.807, 2.05) is 0 Å². The Hall–Kier alpha value is -1.85. The van der Waals surface area contributed by atoms with E-state index in [-0.39, 0.29) is 0 Å². The molecule has 0 aromatic rings. The summed E-state index contributed by atoms with van der Waals surface area (Å²) < 4.78 is 9.96. The fourth-order valence-corrected chi connectivity index (χ4v) is 2.29. The SMILES string of the molecule is C=CC(=O)OC(CC)OC(=O)C1CCCCC1C(=O)O. The summed E-state index contributed by atoms with van der Waals surface area (Å²) in [5.41, 5.74) is 0. The molecule has 20 heavy (non-hydrogen) atoms. The van der Waals surface area contributed by atoms with E-state index < -0.39 is 36.0 Å². The van der Waals surface area contributed by atoms with Crippen LogP contribution in [0.1, 0.15) is 39.0 Å². The molecular formula is C14H20O6. The first-order chi connectivity index (χ1) is 9.49. The minimum absolute atomic E-state index is 0.301. The maximum absolute atomic E-state index is 12.0.